The summed E-state index contributed by atoms with van der Waals surface area (Å²) in [4.78, 5) is 11.4. The molecule has 0 saturated heterocycles. The summed E-state index contributed by atoms with van der Waals surface area (Å²) in [7, 11) is 1.56. The van der Waals surface area contributed by atoms with Gasteiger partial charge in [0.1, 0.15) is 12.7 Å². The molecule has 1 atom stereocenters. The number of methoxy groups -OCH3 is 1. The van der Waals surface area contributed by atoms with E-state index in [0.717, 1.165) is 6.42 Å². The van der Waals surface area contributed by atoms with Crippen molar-refractivity contribution in [2.24, 2.45) is 5.92 Å². The van der Waals surface area contributed by atoms with Crippen LogP contribution in [0.25, 0.3) is 0 Å². The lowest BCUT2D eigenvalue weighted by Gasteiger charge is -2.17. The molecule has 0 aliphatic heterocycles. The zero-order valence-corrected chi connectivity index (χ0v) is 9.00. The number of Topliss-reactive ketones (excluding diaryl/α,β-unsaturated/α-hetero) is 1. The van der Waals surface area contributed by atoms with E-state index >= 15 is 0 Å². The van der Waals surface area contributed by atoms with Gasteiger partial charge in [-0.25, -0.2) is 0 Å². The molecule has 78 valence electrons. The SMILES string of the molecule is CCCOCC(=O)C(OC)C(C)C. The third-order valence-electron chi connectivity index (χ3n) is 1.77. The summed E-state index contributed by atoms with van der Waals surface area (Å²) in [6.07, 6.45) is 0.615. The average molecular weight is 188 g/mol. The minimum Gasteiger partial charge on any atom is -0.374 e. The van der Waals surface area contributed by atoms with Crippen LogP contribution in [0, 0.1) is 5.92 Å². The largest absolute Gasteiger partial charge is 0.374 e. The molecular formula is C10H20O3. The third-order valence-corrected chi connectivity index (χ3v) is 1.77. The predicted molar refractivity (Wildman–Crippen MR) is 51.8 cm³/mol. The summed E-state index contributed by atoms with van der Waals surface area (Å²) < 4.78 is 10.2. The van der Waals surface area contributed by atoms with Gasteiger partial charge < -0.3 is 9.47 Å². The second-order valence-corrected chi connectivity index (χ2v) is 3.42. The molecule has 13 heavy (non-hydrogen) atoms. The fourth-order valence-electron chi connectivity index (χ4n) is 1.17. The van der Waals surface area contributed by atoms with Crippen LogP contribution in [0.3, 0.4) is 0 Å². The smallest absolute Gasteiger partial charge is 0.187 e. The quantitative estimate of drug-likeness (QED) is 0.570. The molecule has 0 rings (SSSR count). The van der Waals surface area contributed by atoms with Crippen LogP contribution in [0.5, 0.6) is 0 Å². The normalized spacial score (nSPS) is 13.3. The Morgan fingerprint density at radius 3 is 2.38 bits per heavy atom. The summed E-state index contributed by atoms with van der Waals surface area (Å²) in [5.74, 6) is 0.244. The van der Waals surface area contributed by atoms with Gasteiger partial charge in [0, 0.05) is 13.7 Å². The van der Waals surface area contributed by atoms with E-state index in [9.17, 15) is 4.79 Å². The summed E-state index contributed by atoms with van der Waals surface area (Å²) in [5, 5.41) is 0. The molecule has 0 bridgehead atoms. The Hall–Kier alpha value is -0.410. The first-order valence-corrected chi connectivity index (χ1v) is 4.76. The maximum atomic E-state index is 11.4. The number of ether oxygens (including phenoxy) is 2. The van der Waals surface area contributed by atoms with Crippen LogP contribution in [0.4, 0.5) is 0 Å². The van der Waals surface area contributed by atoms with E-state index < -0.39 is 0 Å². The van der Waals surface area contributed by atoms with Crippen molar-refractivity contribution in [1.82, 2.24) is 0 Å². The minimum absolute atomic E-state index is 0.0333. The molecule has 0 heterocycles. The van der Waals surface area contributed by atoms with Crippen LogP contribution >= 0.6 is 0 Å². The van der Waals surface area contributed by atoms with Crippen LogP contribution in [0.2, 0.25) is 0 Å². The van der Waals surface area contributed by atoms with Gasteiger partial charge in [-0.15, -0.1) is 0 Å². The Labute approximate surface area is 80.4 Å². The highest BCUT2D eigenvalue weighted by molar-refractivity contribution is 5.84. The molecule has 0 aromatic carbocycles. The highest BCUT2D eigenvalue weighted by Gasteiger charge is 2.20. The molecule has 0 aliphatic carbocycles. The van der Waals surface area contributed by atoms with E-state index in [-0.39, 0.29) is 24.4 Å². The highest BCUT2D eigenvalue weighted by atomic mass is 16.5. The van der Waals surface area contributed by atoms with E-state index in [1.807, 2.05) is 20.8 Å². The maximum Gasteiger partial charge on any atom is 0.187 e. The number of carbonyl (C=O) groups excluding carboxylic acids is 1. The summed E-state index contributed by atoms with van der Waals surface area (Å²) >= 11 is 0. The van der Waals surface area contributed by atoms with Crippen molar-refractivity contribution >= 4 is 5.78 Å². The Bertz CT molecular complexity index is 143. The molecule has 0 amide bonds. The Balaban J connectivity index is 3.78. The van der Waals surface area contributed by atoms with Gasteiger partial charge in [-0.05, 0) is 12.3 Å². The van der Waals surface area contributed by atoms with E-state index in [2.05, 4.69) is 0 Å². The molecule has 0 aromatic heterocycles. The Morgan fingerprint density at radius 1 is 1.38 bits per heavy atom. The number of hydrogen-bond donors (Lipinski definition) is 0. The number of ketones is 1. The van der Waals surface area contributed by atoms with Gasteiger partial charge in [-0.1, -0.05) is 20.8 Å². The topological polar surface area (TPSA) is 35.5 Å². The fourth-order valence-corrected chi connectivity index (χ4v) is 1.17. The van der Waals surface area contributed by atoms with Crippen LogP contribution < -0.4 is 0 Å². The standard InChI is InChI=1S/C10H20O3/c1-5-6-13-7-9(11)10(12-4)8(2)3/h8,10H,5-7H2,1-4H3. The molecule has 0 spiro atoms. The maximum absolute atomic E-state index is 11.4. The molecule has 0 N–H and O–H groups in total. The van der Waals surface area contributed by atoms with Crippen molar-refractivity contribution in [2.75, 3.05) is 20.3 Å². The molecule has 1 unspecified atom stereocenters. The van der Waals surface area contributed by atoms with E-state index in [1.54, 1.807) is 7.11 Å². The Morgan fingerprint density at radius 2 is 2.00 bits per heavy atom. The van der Waals surface area contributed by atoms with Gasteiger partial charge in [-0.3, -0.25) is 4.79 Å². The monoisotopic (exact) mass is 188 g/mol. The van der Waals surface area contributed by atoms with Gasteiger partial charge in [0.25, 0.3) is 0 Å². The first-order valence-electron chi connectivity index (χ1n) is 4.76. The minimum atomic E-state index is -0.322. The lowest BCUT2D eigenvalue weighted by atomic mass is 10.0. The first kappa shape index (κ1) is 12.6. The second-order valence-electron chi connectivity index (χ2n) is 3.42. The number of rotatable bonds is 7. The molecule has 0 radical (unpaired) electrons. The molecular weight excluding hydrogens is 168 g/mol. The molecule has 3 nitrogen and oxygen atoms in total. The summed E-state index contributed by atoms with van der Waals surface area (Å²) in [6.45, 7) is 6.75. The lowest BCUT2D eigenvalue weighted by Crippen LogP contribution is -2.31. The van der Waals surface area contributed by atoms with Gasteiger partial charge in [0.2, 0.25) is 0 Å². The fraction of sp³-hybridized carbons (Fsp3) is 0.900. The third kappa shape index (κ3) is 5.01. The highest BCUT2D eigenvalue weighted by Crippen LogP contribution is 2.06. The molecule has 0 fully saturated rings. The van der Waals surface area contributed by atoms with Gasteiger partial charge in [0.05, 0.1) is 0 Å². The molecule has 0 aliphatic rings. The van der Waals surface area contributed by atoms with Crippen LogP contribution in [0.1, 0.15) is 27.2 Å². The molecule has 0 aromatic rings. The summed E-state index contributed by atoms with van der Waals surface area (Å²) in [6, 6.07) is 0. The number of carbonyl (C=O) groups is 1. The second kappa shape index (κ2) is 7.04. The average Bonchev–Trinajstić information content (AvgIpc) is 2.05. The van der Waals surface area contributed by atoms with E-state index in [0.29, 0.717) is 6.61 Å². The zero-order valence-electron chi connectivity index (χ0n) is 9.00. The van der Waals surface area contributed by atoms with Crippen molar-refractivity contribution < 1.29 is 14.3 Å². The van der Waals surface area contributed by atoms with Crippen molar-refractivity contribution in [1.29, 1.82) is 0 Å². The van der Waals surface area contributed by atoms with Gasteiger partial charge in [-0.2, -0.15) is 0 Å². The van der Waals surface area contributed by atoms with Crippen molar-refractivity contribution in [3.63, 3.8) is 0 Å². The number of hydrogen-bond acceptors (Lipinski definition) is 3. The van der Waals surface area contributed by atoms with Gasteiger partial charge >= 0.3 is 0 Å². The summed E-state index contributed by atoms with van der Waals surface area (Å²) in [5.41, 5.74) is 0. The first-order chi connectivity index (χ1) is 6.13. The van der Waals surface area contributed by atoms with E-state index in [1.165, 1.54) is 0 Å². The Kier molecular flexibility index (Phi) is 6.82. The predicted octanol–water partition coefficient (Wildman–Crippen LogP) is 1.65. The molecule has 0 saturated carbocycles. The van der Waals surface area contributed by atoms with Crippen molar-refractivity contribution in [3.05, 3.63) is 0 Å². The van der Waals surface area contributed by atoms with Crippen LogP contribution in [-0.2, 0) is 14.3 Å². The van der Waals surface area contributed by atoms with E-state index in [4.69, 9.17) is 9.47 Å². The zero-order chi connectivity index (χ0) is 10.3. The van der Waals surface area contributed by atoms with Crippen molar-refractivity contribution in [3.8, 4) is 0 Å². The van der Waals surface area contributed by atoms with Gasteiger partial charge in [0.15, 0.2) is 5.78 Å². The molecule has 3 heteroatoms. The lowest BCUT2D eigenvalue weighted by molar-refractivity contribution is -0.135. The van der Waals surface area contributed by atoms with Crippen molar-refractivity contribution in [2.45, 2.75) is 33.3 Å². The van der Waals surface area contributed by atoms with Crippen LogP contribution in [-0.4, -0.2) is 32.2 Å². The van der Waals surface area contributed by atoms with Crippen LogP contribution in [0.15, 0.2) is 0 Å².